The van der Waals surface area contributed by atoms with E-state index < -0.39 is 8.07 Å². The number of nitrogens with zero attached hydrogens (tertiary/aromatic N) is 1. The molecular formula is C14H19BrClNOSi. The second-order valence-electron chi connectivity index (χ2n) is 6.18. The molecule has 5 heteroatoms. The zero-order valence-corrected chi connectivity index (χ0v) is 14.8. The highest BCUT2D eigenvalue weighted by Crippen LogP contribution is 2.28. The summed E-state index contributed by atoms with van der Waals surface area (Å²) in [6.07, 6.45) is 1.22. The fraction of sp³-hybridized carbons (Fsp3) is 0.500. The Morgan fingerprint density at radius 1 is 1.32 bits per heavy atom. The zero-order chi connectivity index (χ0) is 14.0. The topological polar surface area (TPSA) is 21.6 Å². The van der Waals surface area contributed by atoms with Crippen molar-refractivity contribution in [3.8, 4) is 0 Å². The number of alkyl halides is 1. The minimum absolute atomic E-state index is 0.243. The van der Waals surface area contributed by atoms with Crippen molar-refractivity contribution in [1.29, 1.82) is 0 Å². The SMILES string of the molecule is C[Si](C)(C)C[C@H]1C[C@H](Br)C(c2ccc(Cl)cc2)=NO1. The van der Waals surface area contributed by atoms with Crippen LogP contribution in [0.2, 0.25) is 30.7 Å². The zero-order valence-electron chi connectivity index (χ0n) is 11.5. The van der Waals surface area contributed by atoms with Crippen molar-refractivity contribution < 1.29 is 4.84 Å². The largest absolute Gasteiger partial charge is 0.392 e. The van der Waals surface area contributed by atoms with E-state index in [4.69, 9.17) is 16.4 Å². The minimum atomic E-state index is -1.12. The van der Waals surface area contributed by atoms with Gasteiger partial charge in [-0.2, -0.15) is 0 Å². The van der Waals surface area contributed by atoms with E-state index in [0.29, 0.717) is 0 Å². The van der Waals surface area contributed by atoms with Gasteiger partial charge in [-0.15, -0.1) is 0 Å². The molecule has 2 nitrogen and oxygen atoms in total. The maximum atomic E-state index is 5.90. The van der Waals surface area contributed by atoms with E-state index in [-0.39, 0.29) is 10.9 Å². The first kappa shape index (κ1) is 15.1. The predicted molar refractivity (Wildman–Crippen MR) is 88.3 cm³/mol. The third kappa shape index (κ3) is 4.33. The Hall–Kier alpha value is -0.323. The second kappa shape index (κ2) is 5.98. The molecule has 0 spiro atoms. The van der Waals surface area contributed by atoms with Crippen LogP contribution in [0.1, 0.15) is 12.0 Å². The van der Waals surface area contributed by atoms with Crippen LogP contribution >= 0.6 is 27.5 Å². The van der Waals surface area contributed by atoms with Crippen molar-refractivity contribution >= 4 is 41.3 Å². The molecule has 2 rings (SSSR count). The van der Waals surface area contributed by atoms with Gasteiger partial charge in [0.05, 0.1) is 4.83 Å². The van der Waals surface area contributed by atoms with Crippen molar-refractivity contribution in [2.75, 3.05) is 0 Å². The highest BCUT2D eigenvalue weighted by molar-refractivity contribution is 9.10. The Morgan fingerprint density at radius 2 is 1.95 bits per heavy atom. The first-order chi connectivity index (χ1) is 8.85. The van der Waals surface area contributed by atoms with E-state index >= 15 is 0 Å². The molecule has 0 amide bonds. The van der Waals surface area contributed by atoms with Gasteiger partial charge in [-0.05, 0) is 18.2 Å². The smallest absolute Gasteiger partial charge is 0.126 e. The summed E-state index contributed by atoms with van der Waals surface area (Å²) in [6, 6.07) is 8.88. The van der Waals surface area contributed by atoms with Crippen molar-refractivity contribution in [1.82, 2.24) is 0 Å². The van der Waals surface area contributed by atoms with Gasteiger partial charge < -0.3 is 4.84 Å². The first-order valence-electron chi connectivity index (χ1n) is 6.49. The highest BCUT2D eigenvalue weighted by atomic mass is 79.9. The maximum Gasteiger partial charge on any atom is 0.126 e. The van der Waals surface area contributed by atoms with Gasteiger partial charge in [0.2, 0.25) is 0 Å². The summed E-state index contributed by atoms with van der Waals surface area (Å²) >= 11 is 9.63. The Morgan fingerprint density at radius 3 is 2.47 bits per heavy atom. The molecule has 0 fully saturated rings. The lowest BCUT2D eigenvalue weighted by molar-refractivity contribution is 0.0582. The van der Waals surface area contributed by atoms with Crippen LogP contribution < -0.4 is 0 Å². The van der Waals surface area contributed by atoms with Gasteiger partial charge >= 0.3 is 0 Å². The summed E-state index contributed by atoms with van der Waals surface area (Å²) in [7, 11) is -1.12. The van der Waals surface area contributed by atoms with Crippen molar-refractivity contribution in [3.63, 3.8) is 0 Å². The highest BCUT2D eigenvalue weighted by Gasteiger charge is 2.30. The summed E-state index contributed by atoms with van der Waals surface area (Å²) < 4.78 is 0. The van der Waals surface area contributed by atoms with Crippen LogP contribution in [0.15, 0.2) is 29.4 Å². The third-order valence-electron chi connectivity index (χ3n) is 3.05. The molecule has 0 bridgehead atoms. The lowest BCUT2D eigenvalue weighted by atomic mass is 10.0. The second-order valence-corrected chi connectivity index (χ2v) is 13.3. The number of benzene rings is 1. The molecule has 1 aromatic carbocycles. The van der Waals surface area contributed by atoms with Gasteiger partial charge in [0.15, 0.2) is 0 Å². The number of hydrogen-bond donors (Lipinski definition) is 0. The third-order valence-corrected chi connectivity index (χ3v) is 5.79. The monoisotopic (exact) mass is 359 g/mol. The molecule has 1 aliphatic heterocycles. The van der Waals surface area contributed by atoms with Crippen molar-refractivity contribution in [2.24, 2.45) is 5.16 Å². The van der Waals surface area contributed by atoms with Crippen LogP contribution in [0.3, 0.4) is 0 Å². The molecule has 1 aliphatic rings. The van der Waals surface area contributed by atoms with E-state index in [2.05, 4.69) is 40.7 Å². The lowest BCUT2D eigenvalue weighted by Crippen LogP contribution is -2.34. The molecule has 0 aliphatic carbocycles. The molecule has 0 N–H and O–H groups in total. The molecular weight excluding hydrogens is 342 g/mol. The van der Waals surface area contributed by atoms with Gasteiger partial charge in [-0.1, -0.05) is 64.5 Å². The molecule has 19 heavy (non-hydrogen) atoms. The van der Waals surface area contributed by atoms with Gasteiger partial charge in [0.1, 0.15) is 11.8 Å². The summed E-state index contributed by atoms with van der Waals surface area (Å²) in [6.45, 7) is 7.08. The first-order valence-corrected chi connectivity index (χ1v) is 11.5. The molecule has 0 saturated carbocycles. The quantitative estimate of drug-likeness (QED) is 0.553. The average Bonchev–Trinajstić information content (AvgIpc) is 2.29. The van der Waals surface area contributed by atoms with Crippen molar-refractivity contribution in [3.05, 3.63) is 34.9 Å². The minimum Gasteiger partial charge on any atom is -0.392 e. The van der Waals surface area contributed by atoms with Crippen LogP contribution in [0.5, 0.6) is 0 Å². The summed E-state index contributed by atoms with van der Waals surface area (Å²) in [4.78, 5) is 5.93. The van der Waals surface area contributed by atoms with E-state index in [1.807, 2.05) is 24.3 Å². The molecule has 0 unspecified atom stereocenters. The number of hydrogen-bond acceptors (Lipinski definition) is 2. The van der Waals surface area contributed by atoms with Gasteiger partial charge in [-0.3, -0.25) is 0 Å². The fourth-order valence-corrected chi connectivity index (χ4v) is 4.73. The molecule has 1 aromatic rings. The van der Waals surface area contributed by atoms with Gasteiger partial charge in [0, 0.05) is 25.1 Å². The maximum absolute atomic E-state index is 5.90. The molecule has 104 valence electrons. The van der Waals surface area contributed by atoms with Crippen LogP contribution in [0, 0.1) is 0 Å². The number of rotatable bonds is 3. The average molecular weight is 361 g/mol. The van der Waals surface area contributed by atoms with E-state index in [1.54, 1.807) is 0 Å². The summed E-state index contributed by atoms with van der Waals surface area (Å²) in [5.74, 6) is 0. The number of oxime groups is 1. The Labute approximate surface area is 129 Å². The summed E-state index contributed by atoms with van der Waals surface area (Å²) in [5, 5.41) is 5.06. The lowest BCUT2D eigenvalue weighted by Gasteiger charge is -2.29. The number of halogens is 2. The van der Waals surface area contributed by atoms with Crippen LogP contribution in [-0.4, -0.2) is 24.7 Å². The molecule has 1 heterocycles. The van der Waals surface area contributed by atoms with Crippen LogP contribution in [0.25, 0.3) is 0 Å². The Kier molecular flexibility index (Phi) is 4.74. The standard InChI is InChI=1S/C14H19BrClNOSi/c1-19(2,3)9-12-8-13(15)14(17-18-12)10-4-6-11(16)7-5-10/h4-7,12-13H,8-9H2,1-3H3/t12-,13+/m1/s1. The van der Waals surface area contributed by atoms with Crippen LogP contribution in [-0.2, 0) is 4.84 Å². The summed E-state index contributed by atoms with van der Waals surface area (Å²) in [5.41, 5.74) is 2.03. The Balaban J connectivity index is 2.10. The molecule has 0 aromatic heterocycles. The molecule has 2 atom stereocenters. The molecule has 0 saturated heterocycles. The van der Waals surface area contributed by atoms with Gasteiger partial charge in [-0.25, -0.2) is 0 Å². The van der Waals surface area contributed by atoms with Gasteiger partial charge in [0.25, 0.3) is 0 Å². The van der Waals surface area contributed by atoms with E-state index in [1.165, 1.54) is 0 Å². The van der Waals surface area contributed by atoms with Crippen LogP contribution in [0.4, 0.5) is 0 Å². The van der Waals surface area contributed by atoms with Crippen molar-refractivity contribution in [2.45, 2.75) is 43.0 Å². The predicted octanol–water partition coefficient (Wildman–Crippen LogP) is 4.93. The Bertz CT molecular complexity index is 469. The normalized spacial score (nSPS) is 23.7. The fourth-order valence-electron chi connectivity index (χ4n) is 2.23. The van der Waals surface area contributed by atoms with E-state index in [0.717, 1.165) is 28.8 Å². The molecule has 0 radical (unpaired) electrons. The van der Waals surface area contributed by atoms with E-state index in [9.17, 15) is 0 Å².